The van der Waals surface area contributed by atoms with E-state index >= 15 is 0 Å². The highest BCUT2D eigenvalue weighted by atomic mass is 14.2. The average molecular weight is 347 g/mol. The highest BCUT2D eigenvalue weighted by Gasteiger charge is 2.11. The molecule has 0 aliphatic carbocycles. The molecule has 0 radical (unpaired) electrons. The Hall–Kier alpha value is -0.780. The van der Waals surface area contributed by atoms with E-state index in [-0.39, 0.29) is 0 Å². The van der Waals surface area contributed by atoms with Crippen molar-refractivity contribution in [3.05, 3.63) is 36.5 Å². The van der Waals surface area contributed by atoms with Gasteiger partial charge in [-0.3, -0.25) is 0 Å². The Kier molecular flexibility index (Phi) is 13.9. The van der Waals surface area contributed by atoms with Crippen LogP contribution in [0.2, 0.25) is 0 Å². The van der Waals surface area contributed by atoms with Gasteiger partial charge in [-0.2, -0.15) is 0 Å². The first-order chi connectivity index (χ1) is 11.7. The third kappa shape index (κ3) is 15.2. The lowest BCUT2D eigenvalue weighted by molar-refractivity contribution is 0.411. The molecule has 0 bridgehead atoms. The van der Waals surface area contributed by atoms with Gasteiger partial charge in [0.1, 0.15) is 0 Å². The minimum atomic E-state index is 0.637. The van der Waals surface area contributed by atoms with Gasteiger partial charge in [-0.25, -0.2) is 0 Å². The van der Waals surface area contributed by atoms with E-state index in [0.717, 1.165) is 17.8 Å². The number of hydrogen-bond acceptors (Lipinski definition) is 0. The van der Waals surface area contributed by atoms with Crippen LogP contribution in [0.4, 0.5) is 0 Å². The molecule has 0 saturated carbocycles. The fourth-order valence-corrected chi connectivity index (χ4v) is 3.34. The monoisotopic (exact) mass is 346 g/mol. The summed E-state index contributed by atoms with van der Waals surface area (Å²) in [6, 6.07) is 0. The predicted molar refractivity (Wildman–Crippen MR) is 117 cm³/mol. The molecule has 0 aliphatic rings. The van der Waals surface area contributed by atoms with Crippen molar-refractivity contribution in [3.8, 4) is 0 Å². The molecular weight excluding hydrogens is 300 g/mol. The fraction of sp³-hybridized carbons (Fsp3) is 0.760. The van der Waals surface area contributed by atoms with Crippen molar-refractivity contribution >= 4 is 0 Å². The molecule has 0 fully saturated rings. The van der Waals surface area contributed by atoms with Crippen LogP contribution in [0.3, 0.4) is 0 Å². The summed E-state index contributed by atoms with van der Waals surface area (Å²) in [6.45, 7) is 22.1. The highest BCUT2D eigenvalue weighted by Crippen LogP contribution is 2.26. The number of rotatable bonds is 15. The summed E-state index contributed by atoms with van der Waals surface area (Å²) in [5.74, 6) is 2.99. The minimum Gasteiger partial charge on any atom is -0.103 e. The van der Waals surface area contributed by atoms with Gasteiger partial charge in [0.25, 0.3) is 0 Å². The first-order valence-corrected chi connectivity index (χ1v) is 10.7. The largest absolute Gasteiger partial charge is 0.103 e. The topological polar surface area (TPSA) is 0 Å². The third-order valence-electron chi connectivity index (χ3n) is 5.19. The van der Waals surface area contributed by atoms with E-state index in [4.69, 9.17) is 0 Å². The quantitative estimate of drug-likeness (QED) is 0.260. The van der Waals surface area contributed by atoms with E-state index in [1.165, 1.54) is 63.4 Å². The maximum absolute atomic E-state index is 4.30. The molecule has 2 unspecified atom stereocenters. The molecular formula is C25H46. The molecule has 0 aromatic carbocycles. The molecule has 0 aromatic rings. The number of allylic oxidation sites excluding steroid dienone is 4. The molecule has 25 heavy (non-hydrogen) atoms. The van der Waals surface area contributed by atoms with Crippen molar-refractivity contribution in [1.29, 1.82) is 0 Å². The maximum atomic E-state index is 4.30. The fourth-order valence-electron chi connectivity index (χ4n) is 3.34. The van der Waals surface area contributed by atoms with Gasteiger partial charge in [0.05, 0.1) is 0 Å². The summed E-state index contributed by atoms with van der Waals surface area (Å²) in [4.78, 5) is 0. The Morgan fingerprint density at radius 1 is 0.880 bits per heavy atom. The summed E-state index contributed by atoms with van der Waals surface area (Å²) in [7, 11) is 0. The van der Waals surface area contributed by atoms with Crippen LogP contribution in [0.5, 0.6) is 0 Å². The van der Waals surface area contributed by atoms with Gasteiger partial charge in [-0.05, 0) is 82.0 Å². The summed E-state index contributed by atoms with van der Waals surface area (Å²) in [6.07, 6.45) is 16.1. The Labute approximate surface area is 159 Å². The normalized spacial score (nSPS) is 14.8. The number of hydrogen-bond donors (Lipinski definition) is 0. The lowest BCUT2D eigenvalue weighted by atomic mass is 9.87. The molecule has 0 heterocycles. The molecule has 0 heteroatoms. The summed E-state index contributed by atoms with van der Waals surface area (Å²) in [5, 5.41) is 0. The molecule has 2 atom stereocenters. The average Bonchev–Trinajstić information content (AvgIpc) is 2.52. The molecule has 0 rings (SSSR count). The lowest BCUT2D eigenvalue weighted by Gasteiger charge is -2.18. The lowest BCUT2D eigenvalue weighted by Crippen LogP contribution is -2.04. The van der Waals surface area contributed by atoms with Crippen LogP contribution in [0.25, 0.3) is 0 Å². The Balaban J connectivity index is 4.45. The molecule has 0 N–H and O–H groups in total. The van der Waals surface area contributed by atoms with Gasteiger partial charge in [0.15, 0.2) is 0 Å². The third-order valence-corrected chi connectivity index (χ3v) is 5.19. The van der Waals surface area contributed by atoms with Crippen LogP contribution >= 0.6 is 0 Å². The van der Waals surface area contributed by atoms with Crippen LogP contribution in [0.1, 0.15) is 99.3 Å². The van der Waals surface area contributed by atoms with Gasteiger partial charge in [-0.1, -0.05) is 70.9 Å². The van der Waals surface area contributed by atoms with Gasteiger partial charge < -0.3 is 0 Å². The molecule has 0 amide bonds. The van der Waals surface area contributed by atoms with E-state index in [9.17, 15) is 0 Å². The Morgan fingerprint density at radius 3 is 2.12 bits per heavy atom. The van der Waals surface area contributed by atoms with Crippen LogP contribution in [0.15, 0.2) is 36.5 Å². The van der Waals surface area contributed by atoms with Crippen LogP contribution < -0.4 is 0 Å². The minimum absolute atomic E-state index is 0.637. The highest BCUT2D eigenvalue weighted by molar-refractivity contribution is 5.00. The van der Waals surface area contributed by atoms with Crippen LogP contribution in [0, 0.1) is 23.7 Å². The zero-order chi connectivity index (χ0) is 19.2. The van der Waals surface area contributed by atoms with Crippen molar-refractivity contribution in [2.24, 2.45) is 23.7 Å². The van der Waals surface area contributed by atoms with E-state index in [0.29, 0.717) is 5.92 Å². The Morgan fingerprint density at radius 2 is 1.56 bits per heavy atom. The second-order valence-electron chi connectivity index (χ2n) is 9.12. The second-order valence-corrected chi connectivity index (χ2v) is 9.12. The van der Waals surface area contributed by atoms with E-state index < -0.39 is 0 Å². The molecule has 0 aliphatic heterocycles. The van der Waals surface area contributed by atoms with E-state index in [2.05, 4.69) is 66.9 Å². The molecule has 146 valence electrons. The van der Waals surface area contributed by atoms with Crippen LogP contribution in [-0.4, -0.2) is 0 Å². The molecule has 0 saturated heterocycles. The molecule has 0 aromatic heterocycles. The van der Waals surface area contributed by atoms with Crippen LogP contribution in [-0.2, 0) is 0 Å². The van der Waals surface area contributed by atoms with Crippen molar-refractivity contribution in [2.75, 3.05) is 0 Å². The van der Waals surface area contributed by atoms with Gasteiger partial charge in [0, 0.05) is 0 Å². The van der Waals surface area contributed by atoms with Crippen molar-refractivity contribution in [1.82, 2.24) is 0 Å². The SMILES string of the molecule is C=CC(C)CCC(CC=C(C)CCCC(C)C)CCC(=C)CC(C)C. The summed E-state index contributed by atoms with van der Waals surface area (Å²) < 4.78 is 0. The standard InChI is InChI=1S/C25H46/c1-9-22(6)13-16-25(18-15-24(8)19-21(4)5)17-14-23(7)12-10-11-20(2)3/h9,14,20-22,25H,1,8,10-13,15-19H2,2-7H3. The van der Waals surface area contributed by atoms with Crippen molar-refractivity contribution in [3.63, 3.8) is 0 Å². The maximum Gasteiger partial charge on any atom is -0.0265 e. The summed E-state index contributed by atoms with van der Waals surface area (Å²) in [5.41, 5.74) is 3.03. The van der Waals surface area contributed by atoms with Gasteiger partial charge in [-0.15, -0.1) is 6.58 Å². The van der Waals surface area contributed by atoms with E-state index in [1.54, 1.807) is 5.57 Å². The van der Waals surface area contributed by atoms with Gasteiger partial charge >= 0.3 is 0 Å². The Bertz CT molecular complexity index is 383. The molecule has 0 spiro atoms. The smallest absolute Gasteiger partial charge is 0.0265 e. The second kappa shape index (κ2) is 14.4. The van der Waals surface area contributed by atoms with E-state index in [1.807, 2.05) is 0 Å². The predicted octanol–water partition coefficient (Wildman–Crippen LogP) is 8.75. The first-order valence-electron chi connectivity index (χ1n) is 10.7. The summed E-state index contributed by atoms with van der Waals surface area (Å²) >= 11 is 0. The van der Waals surface area contributed by atoms with Gasteiger partial charge in [0.2, 0.25) is 0 Å². The molecule has 0 nitrogen and oxygen atoms in total. The zero-order valence-electron chi connectivity index (χ0n) is 18.2. The van der Waals surface area contributed by atoms with Crippen molar-refractivity contribution in [2.45, 2.75) is 99.3 Å². The first kappa shape index (κ1) is 24.2. The zero-order valence-corrected chi connectivity index (χ0v) is 18.2. The van der Waals surface area contributed by atoms with Crippen molar-refractivity contribution < 1.29 is 0 Å².